The molecule has 1 fully saturated rings. The van der Waals surface area contributed by atoms with Gasteiger partial charge in [-0.05, 0) is 31.4 Å². The van der Waals surface area contributed by atoms with Gasteiger partial charge in [-0.3, -0.25) is 9.36 Å². The van der Waals surface area contributed by atoms with Crippen LogP contribution in [-0.4, -0.2) is 51.1 Å². The fourth-order valence-corrected chi connectivity index (χ4v) is 4.47. The lowest BCUT2D eigenvalue weighted by Gasteiger charge is -2.20. The highest BCUT2D eigenvalue weighted by Crippen LogP contribution is 2.33. The van der Waals surface area contributed by atoms with Crippen molar-refractivity contribution < 1.29 is 19.4 Å². The Hall–Kier alpha value is -1.85. The molecule has 156 valence electrons. The average Bonchev–Trinajstić information content (AvgIpc) is 3.11. The van der Waals surface area contributed by atoms with Crippen LogP contribution in [0.4, 0.5) is 5.82 Å². The van der Waals surface area contributed by atoms with Crippen molar-refractivity contribution in [2.75, 3.05) is 18.2 Å². The third-order valence-corrected chi connectivity index (χ3v) is 6.34. The molecule has 0 radical (unpaired) electrons. The van der Waals surface area contributed by atoms with Gasteiger partial charge in [-0.15, -0.1) is 0 Å². The van der Waals surface area contributed by atoms with E-state index in [0.717, 1.165) is 0 Å². The molecule has 1 saturated heterocycles. The smallest absolute Gasteiger partial charge is 0.351 e. The number of aromatic nitrogens is 2. The highest BCUT2D eigenvalue weighted by atomic mass is 33.1. The summed E-state index contributed by atoms with van der Waals surface area (Å²) in [5.41, 5.74) is -0.151. The van der Waals surface area contributed by atoms with Crippen molar-refractivity contribution in [1.82, 2.24) is 9.55 Å². The van der Waals surface area contributed by atoms with E-state index < -0.39 is 18.0 Å². The van der Waals surface area contributed by atoms with Gasteiger partial charge in [0.2, 0.25) is 0 Å². The normalized spacial score (nSPS) is 22.4. The van der Waals surface area contributed by atoms with E-state index in [9.17, 15) is 14.7 Å². The Balaban J connectivity index is 1.68. The van der Waals surface area contributed by atoms with Crippen molar-refractivity contribution in [3.63, 3.8) is 0 Å². The van der Waals surface area contributed by atoms with E-state index in [2.05, 4.69) is 10.3 Å². The van der Waals surface area contributed by atoms with Gasteiger partial charge in [0.05, 0.1) is 12.7 Å². The van der Waals surface area contributed by atoms with E-state index >= 15 is 0 Å². The SMILES string of the molecule is CSS[C@@H](C)O[C@@H]1C[C@H](n2ccc(NC(=O)c3ccccc3)nc2=O)O[C@@H]1CO. The first kappa shape index (κ1) is 21.8. The van der Waals surface area contributed by atoms with E-state index in [0.29, 0.717) is 12.0 Å². The van der Waals surface area contributed by atoms with E-state index in [4.69, 9.17) is 9.47 Å². The van der Waals surface area contributed by atoms with Crippen LogP contribution < -0.4 is 11.0 Å². The third kappa shape index (κ3) is 5.61. The number of carbonyl (C=O) groups excluding carboxylic acids is 1. The number of anilines is 1. The summed E-state index contributed by atoms with van der Waals surface area (Å²) >= 11 is 0. The van der Waals surface area contributed by atoms with Crippen LogP contribution in [-0.2, 0) is 9.47 Å². The summed E-state index contributed by atoms with van der Waals surface area (Å²) in [5.74, 6) is -0.184. The number of aliphatic hydroxyl groups is 1. The van der Waals surface area contributed by atoms with Gasteiger partial charge >= 0.3 is 5.69 Å². The summed E-state index contributed by atoms with van der Waals surface area (Å²) in [7, 11) is 3.17. The lowest BCUT2D eigenvalue weighted by Crippen LogP contribution is -2.30. The summed E-state index contributed by atoms with van der Waals surface area (Å²) in [6.45, 7) is 1.73. The fourth-order valence-electron chi connectivity index (χ4n) is 3.06. The zero-order chi connectivity index (χ0) is 20.8. The second-order valence-corrected chi connectivity index (χ2v) is 9.14. The molecule has 3 rings (SSSR count). The molecule has 1 amide bonds. The molecule has 2 heterocycles. The highest BCUT2D eigenvalue weighted by Gasteiger charge is 2.38. The molecule has 0 unspecified atom stereocenters. The van der Waals surface area contributed by atoms with Gasteiger partial charge in [0, 0.05) is 18.2 Å². The second-order valence-electron chi connectivity index (χ2n) is 6.38. The molecule has 0 aliphatic carbocycles. The Morgan fingerprint density at radius 3 is 2.83 bits per heavy atom. The Bertz CT molecular complexity index is 880. The van der Waals surface area contributed by atoms with E-state index in [1.54, 1.807) is 51.9 Å². The van der Waals surface area contributed by atoms with E-state index in [-0.39, 0.29) is 29.9 Å². The van der Waals surface area contributed by atoms with Gasteiger partial charge in [0.15, 0.2) is 0 Å². The molecular formula is C19H23N3O5S2. The van der Waals surface area contributed by atoms with Gasteiger partial charge in [0.25, 0.3) is 5.91 Å². The fraction of sp³-hybridized carbons (Fsp3) is 0.421. The van der Waals surface area contributed by atoms with Crippen LogP contribution in [0.3, 0.4) is 0 Å². The molecule has 1 aliphatic heterocycles. The molecule has 2 N–H and O–H groups in total. The first-order valence-electron chi connectivity index (χ1n) is 9.08. The molecule has 29 heavy (non-hydrogen) atoms. The highest BCUT2D eigenvalue weighted by molar-refractivity contribution is 8.76. The third-order valence-electron chi connectivity index (χ3n) is 4.38. The van der Waals surface area contributed by atoms with Gasteiger partial charge < -0.3 is 19.9 Å². The molecular weight excluding hydrogens is 414 g/mol. The molecule has 4 atom stereocenters. The minimum atomic E-state index is -0.595. The average molecular weight is 438 g/mol. The largest absolute Gasteiger partial charge is 0.394 e. The number of hydrogen-bond acceptors (Lipinski definition) is 8. The maximum atomic E-state index is 12.5. The molecule has 1 aromatic heterocycles. The summed E-state index contributed by atoms with van der Waals surface area (Å²) in [5, 5.41) is 12.2. The van der Waals surface area contributed by atoms with Crippen LogP contribution in [0.15, 0.2) is 47.4 Å². The first-order chi connectivity index (χ1) is 14.0. The number of ether oxygens (including phenoxy) is 2. The van der Waals surface area contributed by atoms with Crippen molar-refractivity contribution in [1.29, 1.82) is 0 Å². The molecule has 10 heteroatoms. The van der Waals surface area contributed by atoms with E-state index in [1.165, 1.54) is 10.8 Å². The predicted octanol–water partition coefficient (Wildman–Crippen LogP) is 2.52. The molecule has 1 aliphatic rings. The Kier molecular flexibility index (Phi) is 7.73. The number of amides is 1. The number of hydrogen-bond donors (Lipinski definition) is 2. The molecule has 0 spiro atoms. The minimum absolute atomic E-state index is 0.0724. The molecule has 1 aromatic carbocycles. The summed E-state index contributed by atoms with van der Waals surface area (Å²) in [4.78, 5) is 28.6. The Morgan fingerprint density at radius 1 is 1.41 bits per heavy atom. The molecule has 2 aromatic rings. The van der Waals surface area contributed by atoms with Crippen molar-refractivity contribution in [3.05, 3.63) is 58.6 Å². The van der Waals surface area contributed by atoms with Crippen LogP contribution in [0.2, 0.25) is 0 Å². The lowest BCUT2D eigenvalue weighted by molar-refractivity contribution is -0.0645. The van der Waals surface area contributed by atoms with E-state index in [1.807, 2.05) is 19.2 Å². The van der Waals surface area contributed by atoms with Crippen LogP contribution in [0.25, 0.3) is 0 Å². The summed E-state index contributed by atoms with van der Waals surface area (Å²) < 4.78 is 13.1. The summed E-state index contributed by atoms with van der Waals surface area (Å²) in [6.07, 6.45) is 2.46. The van der Waals surface area contributed by atoms with Crippen LogP contribution in [0, 0.1) is 0 Å². The number of aliphatic hydroxyl groups excluding tert-OH is 1. The standard InChI is InChI=1S/C19H23N3O5S2/c1-12(29-28-2)26-14-10-17(27-15(14)11-23)22-9-8-16(21-19(22)25)20-18(24)13-6-4-3-5-7-13/h3-9,12,14-15,17,23H,10-11H2,1-2H3,(H,20,21,24,25)/t12-,14+,15+,17+/m0/s1. The maximum Gasteiger partial charge on any atom is 0.351 e. The number of benzene rings is 1. The lowest BCUT2D eigenvalue weighted by atomic mass is 10.2. The van der Waals surface area contributed by atoms with Gasteiger partial charge in [-0.25, -0.2) is 4.79 Å². The van der Waals surface area contributed by atoms with Crippen molar-refractivity contribution in [2.45, 2.75) is 37.2 Å². The predicted molar refractivity (Wildman–Crippen MR) is 114 cm³/mol. The van der Waals surface area contributed by atoms with Crippen molar-refractivity contribution in [3.8, 4) is 0 Å². The zero-order valence-corrected chi connectivity index (χ0v) is 17.7. The van der Waals surface area contributed by atoms with Gasteiger partial charge in [-0.1, -0.05) is 39.8 Å². The monoisotopic (exact) mass is 437 g/mol. The number of nitrogens with zero attached hydrogens (tertiary/aromatic N) is 2. The van der Waals surface area contributed by atoms with Crippen LogP contribution >= 0.6 is 21.6 Å². The second kappa shape index (κ2) is 10.3. The van der Waals surface area contributed by atoms with Gasteiger partial charge in [-0.2, -0.15) is 4.98 Å². The molecule has 0 saturated carbocycles. The van der Waals surface area contributed by atoms with Crippen molar-refractivity contribution in [2.24, 2.45) is 0 Å². The van der Waals surface area contributed by atoms with Crippen molar-refractivity contribution >= 4 is 33.3 Å². The summed E-state index contributed by atoms with van der Waals surface area (Å²) in [6, 6.07) is 10.2. The quantitative estimate of drug-likeness (QED) is 0.480. The number of carbonyl (C=O) groups is 1. The van der Waals surface area contributed by atoms with Gasteiger partial charge in [0.1, 0.15) is 23.6 Å². The Labute approximate surface area is 176 Å². The topological polar surface area (TPSA) is 103 Å². The zero-order valence-electron chi connectivity index (χ0n) is 16.1. The first-order valence-corrected chi connectivity index (χ1v) is 11.7. The maximum absolute atomic E-state index is 12.5. The minimum Gasteiger partial charge on any atom is -0.394 e. The number of nitrogens with one attached hydrogen (secondary N) is 1. The van der Waals surface area contributed by atoms with Crippen LogP contribution in [0.1, 0.15) is 29.9 Å². The number of rotatable bonds is 8. The van der Waals surface area contributed by atoms with Crippen LogP contribution in [0.5, 0.6) is 0 Å². The molecule has 8 nitrogen and oxygen atoms in total. The molecule has 0 bridgehead atoms. The Morgan fingerprint density at radius 2 is 2.17 bits per heavy atom.